The van der Waals surface area contributed by atoms with Gasteiger partial charge in [0.1, 0.15) is 17.4 Å². The number of aliphatic carboxylic acids is 1. The average Bonchev–Trinajstić information content (AvgIpc) is 3.78. The van der Waals surface area contributed by atoms with E-state index in [0.717, 1.165) is 79.7 Å². The molecule has 6 rings (SSSR count). The minimum atomic E-state index is -0.755. The monoisotopic (exact) mass is 722 g/mol. The Bertz CT molecular complexity index is 1620. The van der Waals surface area contributed by atoms with Crippen molar-refractivity contribution in [2.24, 2.45) is 11.8 Å². The standard InChI is InChI=1S/C37H47FN4O3.3ClH/c1-5-42-34(22-33(39-42)28-10-9-26-13-16-45-36(26)20-28)25-11-14-41(15-12-25)23-29-19-31(40(4)35(37(43)44)17-24(2)3)21-32(29)27-7-6-8-30(38)18-27;;;/h6-10,13,16,18,20,22,24-25,29,31-32,35H,5,11-12,14-15,17,19,21,23H2,1-4H3,(H,43,44);3*1H/t29?,31?,32?,35-;;;/m1.../s1. The van der Waals surface area contributed by atoms with E-state index in [2.05, 4.69) is 59.5 Å². The zero-order valence-corrected chi connectivity index (χ0v) is 30.7. The Morgan fingerprint density at radius 2 is 1.81 bits per heavy atom. The lowest BCUT2D eigenvalue weighted by molar-refractivity contribution is -0.144. The van der Waals surface area contributed by atoms with E-state index in [1.807, 2.05) is 19.2 Å². The van der Waals surface area contributed by atoms with E-state index in [0.29, 0.717) is 24.2 Å². The smallest absolute Gasteiger partial charge is 0.320 e. The topological polar surface area (TPSA) is 74.7 Å². The number of likely N-dealkylation sites (tertiary alicyclic amines) is 1. The minimum Gasteiger partial charge on any atom is -0.480 e. The summed E-state index contributed by atoms with van der Waals surface area (Å²) < 4.78 is 22.2. The number of fused-ring (bicyclic) bond motifs is 1. The van der Waals surface area contributed by atoms with Crippen LogP contribution < -0.4 is 0 Å². The lowest BCUT2D eigenvalue weighted by Gasteiger charge is -2.35. The molecule has 2 aliphatic rings. The summed E-state index contributed by atoms with van der Waals surface area (Å²) in [5.41, 5.74) is 5.28. The van der Waals surface area contributed by atoms with Gasteiger partial charge in [-0.15, -0.1) is 37.2 Å². The number of piperidine rings is 1. The summed E-state index contributed by atoms with van der Waals surface area (Å²) in [7, 11) is 1.97. The van der Waals surface area contributed by atoms with Gasteiger partial charge in [0, 0.05) is 41.7 Å². The summed E-state index contributed by atoms with van der Waals surface area (Å²) in [5.74, 6) is 0.330. The van der Waals surface area contributed by atoms with Gasteiger partial charge in [-0.2, -0.15) is 5.10 Å². The third-order valence-electron chi connectivity index (χ3n) is 10.4. The number of hydrogen-bond donors (Lipinski definition) is 1. The Kier molecular flexibility index (Phi) is 14.4. The number of carbonyl (C=O) groups is 1. The highest BCUT2D eigenvalue weighted by molar-refractivity contribution is 5.86. The summed E-state index contributed by atoms with van der Waals surface area (Å²) in [4.78, 5) is 16.9. The molecule has 0 amide bonds. The maximum Gasteiger partial charge on any atom is 0.320 e. The minimum absolute atomic E-state index is 0. The van der Waals surface area contributed by atoms with E-state index in [-0.39, 0.29) is 55.0 Å². The number of halogens is 4. The van der Waals surface area contributed by atoms with E-state index >= 15 is 0 Å². The van der Waals surface area contributed by atoms with Crippen molar-refractivity contribution >= 4 is 54.2 Å². The number of hydrogen-bond acceptors (Lipinski definition) is 5. The first-order valence-corrected chi connectivity index (χ1v) is 16.7. The molecule has 1 N–H and O–H groups in total. The molecular weight excluding hydrogens is 674 g/mol. The van der Waals surface area contributed by atoms with E-state index in [9.17, 15) is 14.3 Å². The molecule has 1 saturated carbocycles. The fraction of sp³-hybridized carbons (Fsp3) is 0.514. The van der Waals surface area contributed by atoms with Gasteiger partial charge in [0.25, 0.3) is 0 Å². The predicted octanol–water partition coefficient (Wildman–Crippen LogP) is 8.89. The molecule has 4 aromatic rings. The number of likely N-dealkylation sites (N-methyl/N-ethyl adjacent to an activating group) is 1. The number of benzene rings is 2. The molecule has 0 spiro atoms. The van der Waals surface area contributed by atoms with Crippen LogP contribution in [0.5, 0.6) is 0 Å². The van der Waals surface area contributed by atoms with Gasteiger partial charge < -0.3 is 14.4 Å². The molecule has 3 unspecified atom stereocenters. The summed E-state index contributed by atoms with van der Waals surface area (Å²) in [6, 6.07) is 17.2. The molecule has 264 valence electrons. The number of aryl methyl sites for hydroxylation is 1. The Hall–Kier alpha value is -2.62. The van der Waals surface area contributed by atoms with Crippen molar-refractivity contribution in [3.8, 4) is 11.3 Å². The summed E-state index contributed by atoms with van der Waals surface area (Å²) in [6.45, 7) is 10.1. The van der Waals surface area contributed by atoms with Gasteiger partial charge in [0.15, 0.2) is 0 Å². The fourth-order valence-electron chi connectivity index (χ4n) is 7.93. The largest absolute Gasteiger partial charge is 0.480 e. The van der Waals surface area contributed by atoms with E-state index in [1.54, 1.807) is 18.4 Å². The number of aromatic nitrogens is 2. The number of furan rings is 1. The predicted molar refractivity (Wildman–Crippen MR) is 198 cm³/mol. The second-order valence-electron chi connectivity index (χ2n) is 13.7. The Morgan fingerprint density at radius 3 is 2.48 bits per heavy atom. The highest BCUT2D eigenvalue weighted by Crippen LogP contribution is 2.44. The highest BCUT2D eigenvalue weighted by atomic mass is 35.5. The molecule has 48 heavy (non-hydrogen) atoms. The van der Waals surface area contributed by atoms with Crippen molar-refractivity contribution in [3.05, 3.63) is 77.9 Å². The van der Waals surface area contributed by atoms with Gasteiger partial charge in [-0.1, -0.05) is 38.1 Å². The Labute approximate surface area is 302 Å². The van der Waals surface area contributed by atoms with Gasteiger partial charge in [0.2, 0.25) is 0 Å². The van der Waals surface area contributed by atoms with Crippen LogP contribution in [-0.4, -0.2) is 69.4 Å². The molecule has 2 aromatic carbocycles. The summed E-state index contributed by atoms with van der Waals surface area (Å²) >= 11 is 0. The van der Waals surface area contributed by atoms with Crippen molar-refractivity contribution in [1.82, 2.24) is 19.6 Å². The van der Waals surface area contributed by atoms with Crippen molar-refractivity contribution in [2.75, 3.05) is 26.7 Å². The van der Waals surface area contributed by atoms with Crippen LogP contribution >= 0.6 is 37.2 Å². The zero-order valence-electron chi connectivity index (χ0n) is 28.3. The second-order valence-corrected chi connectivity index (χ2v) is 13.7. The lowest BCUT2D eigenvalue weighted by atomic mass is 9.87. The molecule has 1 aliphatic carbocycles. The second kappa shape index (κ2) is 17.3. The van der Waals surface area contributed by atoms with Crippen LogP contribution in [0.25, 0.3) is 22.2 Å². The molecule has 2 fully saturated rings. The van der Waals surface area contributed by atoms with Crippen LogP contribution in [0.3, 0.4) is 0 Å². The van der Waals surface area contributed by atoms with Crippen molar-refractivity contribution < 1.29 is 18.7 Å². The first kappa shape index (κ1) is 39.8. The van der Waals surface area contributed by atoms with Gasteiger partial charge >= 0.3 is 5.97 Å². The summed E-state index contributed by atoms with van der Waals surface area (Å²) in [6.07, 6.45) is 6.26. The molecule has 1 aliphatic heterocycles. The van der Waals surface area contributed by atoms with Crippen molar-refractivity contribution in [2.45, 2.75) is 83.3 Å². The van der Waals surface area contributed by atoms with Crippen molar-refractivity contribution in [1.29, 1.82) is 0 Å². The molecule has 7 nitrogen and oxygen atoms in total. The molecule has 4 atom stereocenters. The Morgan fingerprint density at radius 1 is 1.06 bits per heavy atom. The maximum atomic E-state index is 14.4. The molecule has 0 radical (unpaired) electrons. The first-order valence-electron chi connectivity index (χ1n) is 16.7. The van der Waals surface area contributed by atoms with E-state index in [4.69, 9.17) is 9.52 Å². The number of rotatable bonds is 11. The van der Waals surface area contributed by atoms with Gasteiger partial charge in [-0.25, -0.2) is 4.39 Å². The quantitative estimate of drug-likeness (QED) is 0.167. The van der Waals surface area contributed by atoms with Gasteiger partial charge in [-0.3, -0.25) is 14.4 Å². The van der Waals surface area contributed by atoms with Crippen LogP contribution in [0.2, 0.25) is 0 Å². The molecule has 1 saturated heterocycles. The molecule has 2 aromatic heterocycles. The van der Waals surface area contributed by atoms with Crippen LogP contribution in [-0.2, 0) is 11.3 Å². The van der Waals surface area contributed by atoms with Crippen LogP contribution in [0.1, 0.15) is 76.0 Å². The fourth-order valence-corrected chi connectivity index (χ4v) is 7.93. The first-order chi connectivity index (χ1) is 21.7. The van der Waals surface area contributed by atoms with Crippen LogP contribution in [0.4, 0.5) is 4.39 Å². The van der Waals surface area contributed by atoms with E-state index in [1.165, 1.54) is 11.8 Å². The molecule has 11 heteroatoms. The highest BCUT2D eigenvalue weighted by Gasteiger charge is 2.41. The Balaban J connectivity index is 0.00000208. The van der Waals surface area contributed by atoms with E-state index < -0.39 is 12.0 Å². The maximum absolute atomic E-state index is 14.4. The van der Waals surface area contributed by atoms with Crippen molar-refractivity contribution in [3.63, 3.8) is 0 Å². The van der Waals surface area contributed by atoms with Gasteiger partial charge in [-0.05, 0) is 113 Å². The number of carboxylic acids is 1. The normalized spacial score (nSPS) is 20.8. The number of carboxylic acid groups (broad SMARTS) is 1. The van der Waals surface area contributed by atoms with Gasteiger partial charge in [0.05, 0.1) is 12.0 Å². The summed E-state index contributed by atoms with van der Waals surface area (Å²) in [5, 5.41) is 16.1. The SMILES string of the molecule is CCn1nc(-c2ccc3ccoc3c2)cc1C1CCN(CC2CC(N(C)[C@H](CC(C)C)C(=O)O)CC2c2cccc(F)c2)CC1.Cl.Cl.Cl. The average molecular weight is 724 g/mol. The van der Waals surface area contributed by atoms with Crippen LogP contribution in [0.15, 0.2) is 65.3 Å². The van der Waals surface area contributed by atoms with Crippen LogP contribution in [0, 0.1) is 17.7 Å². The molecule has 0 bridgehead atoms. The third kappa shape index (κ3) is 8.75. The zero-order chi connectivity index (χ0) is 31.7. The molecular formula is C37H50Cl3FN4O3. The molecule has 3 heterocycles. The third-order valence-corrected chi connectivity index (χ3v) is 10.4. The lowest BCUT2D eigenvalue weighted by Crippen LogP contribution is -2.45. The number of nitrogens with zero attached hydrogens (tertiary/aromatic N) is 4.